The second kappa shape index (κ2) is 3.20. The van der Waals surface area contributed by atoms with Gasteiger partial charge in [0.25, 0.3) is 0 Å². The fourth-order valence-corrected chi connectivity index (χ4v) is 0.916. The molecule has 1 heterocycles. The Balaban J connectivity index is 2.95. The summed E-state index contributed by atoms with van der Waals surface area (Å²) in [5.74, 6) is 1.28. The minimum Gasteiger partial charge on any atom is -0.383 e. The van der Waals surface area contributed by atoms with Crippen LogP contribution in [0.3, 0.4) is 0 Å². The molecule has 5 heteroatoms. The summed E-state index contributed by atoms with van der Waals surface area (Å²) in [6.45, 7) is 3.55. The topological polar surface area (TPSA) is 77.0 Å². The molecule has 68 valence electrons. The third-order valence-electron chi connectivity index (χ3n) is 1.89. The van der Waals surface area contributed by atoms with Crippen molar-refractivity contribution >= 4 is 0 Å². The number of aromatic nitrogens is 3. The molecule has 0 aliphatic carbocycles. The standard InChI is InChI=1S/C7H14N4O/c1-4(8)6(12)7-10-9-5(2)11(7)3/h4,6,12H,8H2,1-3H3. The monoisotopic (exact) mass is 170 g/mol. The molecule has 0 fully saturated rings. The molecule has 12 heavy (non-hydrogen) atoms. The number of aliphatic hydroxyl groups excluding tert-OH is 1. The third kappa shape index (κ3) is 1.46. The lowest BCUT2D eigenvalue weighted by Crippen LogP contribution is -2.26. The molecule has 0 radical (unpaired) electrons. The van der Waals surface area contributed by atoms with E-state index in [0.717, 1.165) is 5.82 Å². The predicted octanol–water partition coefficient (Wildman–Crippen LogP) is -0.496. The average Bonchev–Trinajstić information content (AvgIpc) is 2.32. The summed E-state index contributed by atoms with van der Waals surface area (Å²) in [6.07, 6.45) is -0.740. The van der Waals surface area contributed by atoms with Gasteiger partial charge < -0.3 is 15.4 Å². The number of aliphatic hydroxyl groups is 1. The summed E-state index contributed by atoms with van der Waals surface area (Å²) in [5.41, 5.74) is 5.51. The van der Waals surface area contributed by atoms with Gasteiger partial charge >= 0.3 is 0 Å². The first-order chi connectivity index (χ1) is 5.54. The lowest BCUT2D eigenvalue weighted by molar-refractivity contribution is 0.140. The van der Waals surface area contributed by atoms with Crippen molar-refractivity contribution in [1.29, 1.82) is 0 Å². The number of hydrogen-bond donors (Lipinski definition) is 2. The predicted molar refractivity (Wildman–Crippen MR) is 44.3 cm³/mol. The normalized spacial score (nSPS) is 16.1. The zero-order valence-corrected chi connectivity index (χ0v) is 7.52. The van der Waals surface area contributed by atoms with E-state index in [-0.39, 0.29) is 6.04 Å². The molecule has 0 amide bonds. The van der Waals surface area contributed by atoms with Crippen LogP contribution >= 0.6 is 0 Å². The van der Waals surface area contributed by atoms with Crippen LogP contribution in [0.2, 0.25) is 0 Å². The van der Waals surface area contributed by atoms with Crippen LogP contribution in [0.5, 0.6) is 0 Å². The van der Waals surface area contributed by atoms with Crippen molar-refractivity contribution in [1.82, 2.24) is 14.8 Å². The number of nitrogens with zero attached hydrogens (tertiary/aromatic N) is 3. The van der Waals surface area contributed by atoms with Gasteiger partial charge in [-0.3, -0.25) is 0 Å². The Labute approximate surface area is 71.2 Å². The van der Waals surface area contributed by atoms with Gasteiger partial charge in [-0.05, 0) is 13.8 Å². The Hall–Kier alpha value is -0.940. The van der Waals surface area contributed by atoms with Crippen molar-refractivity contribution in [3.8, 4) is 0 Å². The Morgan fingerprint density at radius 2 is 2.08 bits per heavy atom. The summed E-state index contributed by atoms with van der Waals surface area (Å²) < 4.78 is 1.73. The summed E-state index contributed by atoms with van der Waals surface area (Å²) in [4.78, 5) is 0. The van der Waals surface area contributed by atoms with Crippen LogP contribution in [0.15, 0.2) is 0 Å². The molecule has 3 N–H and O–H groups in total. The van der Waals surface area contributed by atoms with E-state index in [0.29, 0.717) is 5.82 Å². The fraction of sp³-hybridized carbons (Fsp3) is 0.714. The Kier molecular flexibility index (Phi) is 2.44. The summed E-state index contributed by atoms with van der Waals surface area (Å²) in [7, 11) is 1.80. The molecule has 0 saturated carbocycles. The van der Waals surface area contributed by atoms with Gasteiger partial charge in [-0.15, -0.1) is 10.2 Å². The van der Waals surface area contributed by atoms with Crippen LogP contribution in [-0.4, -0.2) is 25.9 Å². The van der Waals surface area contributed by atoms with E-state index in [1.54, 1.807) is 18.5 Å². The molecule has 2 unspecified atom stereocenters. The molecule has 1 rings (SSSR count). The number of nitrogens with two attached hydrogens (primary N) is 1. The first-order valence-corrected chi connectivity index (χ1v) is 3.83. The number of hydrogen-bond acceptors (Lipinski definition) is 4. The Morgan fingerprint density at radius 1 is 1.50 bits per heavy atom. The van der Waals surface area contributed by atoms with Crippen LogP contribution in [-0.2, 0) is 7.05 Å². The van der Waals surface area contributed by atoms with Crippen molar-refractivity contribution in [2.24, 2.45) is 12.8 Å². The molecule has 0 saturated heterocycles. The van der Waals surface area contributed by atoms with Gasteiger partial charge in [-0.25, -0.2) is 0 Å². The van der Waals surface area contributed by atoms with E-state index in [1.807, 2.05) is 6.92 Å². The smallest absolute Gasteiger partial charge is 0.163 e. The van der Waals surface area contributed by atoms with Crippen molar-refractivity contribution in [3.05, 3.63) is 11.6 Å². The first kappa shape index (κ1) is 9.15. The zero-order valence-electron chi connectivity index (χ0n) is 7.52. The lowest BCUT2D eigenvalue weighted by atomic mass is 10.2. The molecule has 0 spiro atoms. The molecule has 0 aliphatic rings. The van der Waals surface area contributed by atoms with Gasteiger partial charge in [-0.2, -0.15) is 0 Å². The van der Waals surface area contributed by atoms with Gasteiger partial charge in [0.1, 0.15) is 11.9 Å². The third-order valence-corrected chi connectivity index (χ3v) is 1.89. The maximum absolute atomic E-state index is 9.54. The highest BCUT2D eigenvalue weighted by atomic mass is 16.3. The zero-order chi connectivity index (χ0) is 9.30. The Morgan fingerprint density at radius 3 is 2.42 bits per heavy atom. The maximum Gasteiger partial charge on any atom is 0.163 e. The lowest BCUT2D eigenvalue weighted by Gasteiger charge is -2.12. The van der Waals surface area contributed by atoms with Crippen LogP contribution in [0, 0.1) is 6.92 Å². The van der Waals surface area contributed by atoms with E-state index in [2.05, 4.69) is 10.2 Å². The van der Waals surface area contributed by atoms with Gasteiger partial charge in [-0.1, -0.05) is 0 Å². The average molecular weight is 170 g/mol. The highest BCUT2D eigenvalue weighted by Crippen LogP contribution is 2.12. The first-order valence-electron chi connectivity index (χ1n) is 3.83. The van der Waals surface area contributed by atoms with Gasteiger partial charge in [0.2, 0.25) is 0 Å². The summed E-state index contributed by atoms with van der Waals surface area (Å²) in [6, 6.07) is -0.327. The number of aryl methyl sites for hydroxylation is 1. The molecule has 2 atom stereocenters. The van der Waals surface area contributed by atoms with Crippen molar-refractivity contribution < 1.29 is 5.11 Å². The molecule has 1 aromatic rings. The van der Waals surface area contributed by atoms with E-state index < -0.39 is 6.10 Å². The largest absolute Gasteiger partial charge is 0.383 e. The van der Waals surface area contributed by atoms with Gasteiger partial charge in [0, 0.05) is 13.1 Å². The molecule has 0 bridgehead atoms. The highest BCUT2D eigenvalue weighted by Gasteiger charge is 2.18. The van der Waals surface area contributed by atoms with Crippen molar-refractivity contribution in [2.45, 2.75) is 26.0 Å². The van der Waals surface area contributed by atoms with Gasteiger partial charge in [0.15, 0.2) is 5.82 Å². The fourth-order valence-electron chi connectivity index (χ4n) is 0.916. The van der Waals surface area contributed by atoms with Gasteiger partial charge in [0.05, 0.1) is 0 Å². The van der Waals surface area contributed by atoms with Crippen LogP contribution in [0.25, 0.3) is 0 Å². The molecule has 0 aromatic carbocycles. The van der Waals surface area contributed by atoms with E-state index in [1.165, 1.54) is 0 Å². The highest BCUT2D eigenvalue weighted by molar-refractivity contribution is 4.98. The quantitative estimate of drug-likeness (QED) is 0.627. The summed E-state index contributed by atoms with van der Waals surface area (Å²) in [5, 5.41) is 17.2. The second-order valence-corrected chi connectivity index (χ2v) is 2.97. The molecular formula is C7H14N4O. The second-order valence-electron chi connectivity index (χ2n) is 2.97. The van der Waals surface area contributed by atoms with E-state index in [9.17, 15) is 5.11 Å². The Bertz CT molecular complexity index is 268. The number of rotatable bonds is 2. The van der Waals surface area contributed by atoms with E-state index in [4.69, 9.17) is 5.73 Å². The SMILES string of the molecule is Cc1nnc(C(O)C(C)N)n1C. The van der Waals surface area contributed by atoms with Crippen molar-refractivity contribution in [3.63, 3.8) is 0 Å². The minimum atomic E-state index is -0.740. The maximum atomic E-state index is 9.54. The minimum absolute atomic E-state index is 0.327. The van der Waals surface area contributed by atoms with Crippen LogP contribution in [0.4, 0.5) is 0 Å². The molecule has 1 aromatic heterocycles. The molecule has 0 aliphatic heterocycles. The molecule has 5 nitrogen and oxygen atoms in total. The molecular weight excluding hydrogens is 156 g/mol. The van der Waals surface area contributed by atoms with E-state index >= 15 is 0 Å². The van der Waals surface area contributed by atoms with Crippen LogP contribution in [0.1, 0.15) is 24.7 Å². The summed E-state index contributed by atoms with van der Waals surface area (Å²) >= 11 is 0. The van der Waals surface area contributed by atoms with Crippen molar-refractivity contribution in [2.75, 3.05) is 0 Å². The van der Waals surface area contributed by atoms with Crippen LogP contribution < -0.4 is 5.73 Å².